The number of fused-ring (bicyclic) bond motifs is 1. The number of nitrogens with one attached hydrogen (secondary N) is 1. The number of carbonyl (C=O) groups excluding carboxylic acids is 2. The molecule has 0 bridgehead atoms. The molecule has 2 unspecified atom stereocenters. The first kappa shape index (κ1) is 19.5. The number of aliphatic hydroxyl groups is 1. The highest BCUT2D eigenvalue weighted by atomic mass is 16.5. The van der Waals surface area contributed by atoms with Gasteiger partial charge in [0.25, 0.3) is 5.91 Å². The number of rotatable bonds is 6. The van der Waals surface area contributed by atoms with Crippen molar-refractivity contribution >= 4 is 11.9 Å². The lowest BCUT2D eigenvalue weighted by atomic mass is 9.89. The van der Waals surface area contributed by atoms with Crippen LogP contribution < -0.4 is 10.1 Å². The molecule has 1 aliphatic heterocycles. The van der Waals surface area contributed by atoms with E-state index in [0.29, 0.717) is 5.75 Å². The predicted octanol–water partition coefficient (Wildman–Crippen LogP) is 2.69. The lowest BCUT2D eigenvalue weighted by Crippen LogP contribution is -2.42. The number of hydrogen-bond donors (Lipinski definition) is 2. The minimum absolute atomic E-state index is 0.00429. The second-order valence-corrected chi connectivity index (χ2v) is 8.09. The zero-order valence-corrected chi connectivity index (χ0v) is 16.8. The van der Waals surface area contributed by atoms with E-state index < -0.39 is 17.7 Å². The fourth-order valence-corrected chi connectivity index (χ4v) is 4.03. The van der Waals surface area contributed by atoms with E-state index in [4.69, 9.17) is 4.74 Å². The molecule has 29 heavy (non-hydrogen) atoms. The number of nitrogens with zero attached hydrogens (tertiary/aromatic N) is 1. The predicted molar refractivity (Wildman–Crippen MR) is 109 cm³/mol. The Kier molecular flexibility index (Phi) is 5.04. The largest absolute Gasteiger partial charge is 0.491 e. The van der Waals surface area contributed by atoms with Crippen molar-refractivity contribution < 1.29 is 19.4 Å². The summed E-state index contributed by atoms with van der Waals surface area (Å²) < 4.78 is 5.57. The summed E-state index contributed by atoms with van der Waals surface area (Å²) in [6, 6.07) is 13.0. The number of benzene rings is 2. The zero-order valence-electron chi connectivity index (χ0n) is 16.8. The summed E-state index contributed by atoms with van der Waals surface area (Å²) in [5.41, 5.74) is 3.34. The van der Waals surface area contributed by atoms with Gasteiger partial charge < -0.3 is 15.2 Å². The summed E-state index contributed by atoms with van der Waals surface area (Å²) >= 11 is 0. The zero-order chi connectivity index (χ0) is 20.6. The molecule has 2 N–H and O–H groups in total. The van der Waals surface area contributed by atoms with Crippen LogP contribution in [0.2, 0.25) is 0 Å². The molecule has 3 amide bonds. The minimum atomic E-state index is -1.12. The van der Waals surface area contributed by atoms with Crippen LogP contribution in [-0.4, -0.2) is 41.2 Å². The van der Waals surface area contributed by atoms with Crippen LogP contribution >= 0.6 is 0 Å². The van der Waals surface area contributed by atoms with E-state index in [2.05, 4.69) is 11.4 Å². The average molecular weight is 394 g/mol. The molecular weight excluding hydrogens is 368 g/mol. The van der Waals surface area contributed by atoms with Gasteiger partial charge in [0.1, 0.15) is 24.0 Å². The number of carbonyl (C=O) groups is 2. The molecule has 0 aromatic heterocycles. The fourth-order valence-electron chi connectivity index (χ4n) is 4.03. The molecule has 2 aromatic rings. The van der Waals surface area contributed by atoms with Gasteiger partial charge in [0.2, 0.25) is 0 Å². The van der Waals surface area contributed by atoms with Gasteiger partial charge in [-0.2, -0.15) is 0 Å². The van der Waals surface area contributed by atoms with Crippen molar-refractivity contribution in [3.05, 3.63) is 64.7 Å². The summed E-state index contributed by atoms with van der Waals surface area (Å²) in [5, 5.41) is 13.1. The first-order chi connectivity index (χ1) is 13.9. The monoisotopic (exact) mass is 394 g/mol. The molecule has 2 aliphatic rings. The topological polar surface area (TPSA) is 78.9 Å². The van der Waals surface area contributed by atoms with E-state index in [1.165, 1.54) is 11.1 Å². The Hall–Kier alpha value is -2.86. The number of aryl methyl sites for hydroxylation is 3. The van der Waals surface area contributed by atoms with Gasteiger partial charge in [-0.05, 0) is 61.9 Å². The molecule has 4 rings (SSSR count). The van der Waals surface area contributed by atoms with Crippen molar-refractivity contribution in [2.24, 2.45) is 0 Å². The van der Waals surface area contributed by atoms with Gasteiger partial charge in [-0.1, -0.05) is 35.9 Å². The van der Waals surface area contributed by atoms with Gasteiger partial charge in [0.05, 0.1) is 6.54 Å². The van der Waals surface area contributed by atoms with E-state index in [1.54, 1.807) is 6.92 Å². The Bertz CT molecular complexity index is 940. The third kappa shape index (κ3) is 3.72. The van der Waals surface area contributed by atoms with Crippen LogP contribution in [0.15, 0.2) is 42.5 Å². The van der Waals surface area contributed by atoms with Crippen LogP contribution in [0.3, 0.4) is 0 Å². The Labute approximate surface area is 170 Å². The maximum Gasteiger partial charge on any atom is 0.325 e. The van der Waals surface area contributed by atoms with Crippen molar-refractivity contribution in [2.45, 2.75) is 44.8 Å². The van der Waals surface area contributed by atoms with E-state index in [9.17, 15) is 14.7 Å². The highest BCUT2D eigenvalue weighted by molar-refractivity contribution is 6.07. The van der Waals surface area contributed by atoms with Crippen molar-refractivity contribution in [3.8, 4) is 5.75 Å². The van der Waals surface area contributed by atoms with Crippen LogP contribution in [0.25, 0.3) is 0 Å². The molecule has 1 saturated heterocycles. The summed E-state index contributed by atoms with van der Waals surface area (Å²) in [4.78, 5) is 26.7. The maximum atomic E-state index is 13.1. The van der Waals surface area contributed by atoms with Gasteiger partial charge in [0, 0.05) is 0 Å². The van der Waals surface area contributed by atoms with Crippen LogP contribution in [0.1, 0.15) is 35.6 Å². The molecule has 2 atom stereocenters. The number of β-amino-alcohol motifs (C(OH)–C–C–N with tert-alkyl or cyclic N) is 1. The first-order valence-electron chi connectivity index (χ1n) is 10.0. The van der Waals surface area contributed by atoms with Crippen LogP contribution in [-0.2, 0) is 23.2 Å². The van der Waals surface area contributed by atoms with E-state index in [-0.39, 0.29) is 19.1 Å². The lowest BCUT2D eigenvalue weighted by molar-refractivity contribution is -0.132. The van der Waals surface area contributed by atoms with E-state index in [1.807, 2.05) is 43.3 Å². The smallest absolute Gasteiger partial charge is 0.325 e. The Morgan fingerprint density at radius 1 is 1.14 bits per heavy atom. The molecule has 1 heterocycles. The van der Waals surface area contributed by atoms with Gasteiger partial charge in [-0.15, -0.1) is 0 Å². The molecule has 6 nitrogen and oxygen atoms in total. The van der Waals surface area contributed by atoms with Crippen molar-refractivity contribution in [3.63, 3.8) is 0 Å². The SMILES string of the molecule is Cc1ccc(OCC(O)CN2C(=O)NC(C)(c3ccc4c(c3)CCC4)C2=O)cc1. The van der Waals surface area contributed by atoms with Crippen molar-refractivity contribution in [2.75, 3.05) is 13.2 Å². The number of hydrogen-bond acceptors (Lipinski definition) is 4. The van der Waals surface area contributed by atoms with Crippen molar-refractivity contribution in [1.29, 1.82) is 0 Å². The first-order valence-corrected chi connectivity index (χ1v) is 10.0. The van der Waals surface area contributed by atoms with Crippen molar-refractivity contribution in [1.82, 2.24) is 10.2 Å². The van der Waals surface area contributed by atoms with Crippen LogP contribution in [0, 0.1) is 6.92 Å². The molecule has 1 fully saturated rings. The maximum absolute atomic E-state index is 13.1. The van der Waals surface area contributed by atoms with Gasteiger partial charge >= 0.3 is 6.03 Å². The number of aliphatic hydroxyl groups excluding tert-OH is 1. The van der Waals surface area contributed by atoms with Gasteiger partial charge in [0.15, 0.2) is 0 Å². The second-order valence-electron chi connectivity index (χ2n) is 8.09. The quantitative estimate of drug-likeness (QED) is 0.739. The third-order valence-corrected chi connectivity index (χ3v) is 5.81. The molecule has 2 aromatic carbocycles. The Balaban J connectivity index is 1.43. The normalized spacial score (nSPS) is 21.8. The number of imide groups is 1. The minimum Gasteiger partial charge on any atom is -0.491 e. The summed E-state index contributed by atoms with van der Waals surface area (Å²) in [6.45, 7) is 3.58. The highest BCUT2D eigenvalue weighted by Crippen LogP contribution is 2.32. The third-order valence-electron chi connectivity index (χ3n) is 5.81. The summed E-state index contributed by atoms with van der Waals surface area (Å²) in [7, 11) is 0. The Morgan fingerprint density at radius 3 is 2.62 bits per heavy atom. The number of amides is 3. The molecule has 0 saturated carbocycles. The molecule has 0 radical (unpaired) electrons. The van der Waals surface area contributed by atoms with E-state index >= 15 is 0 Å². The molecular formula is C23H26N2O4. The van der Waals surface area contributed by atoms with Crippen LogP contribution in [0.5, 0.6) is 5.75 Å². The number of ether oxygens (including phenoxy) is 1. The second kappa shape index (κ2) is 7.52. The average Bonchev–Trinajstić information content (AvgIpc) is 3.26. The Morgan fingerprint density at radius 2 is 1.86 bits per heavy atom. The van der Waals surface area contributed by atoms with E-state index in [0.717, 1.165) is 35.3 Å². The molecule has 6 heteroatoms. The summed E-state index contributed by atoms with van der Waals surface area (Å²) in [6.07, 6.45) is 2.20. The van der Waals surface area contributed by atoms with Crippen LogP contribution in [0.4, 0.5) is 4.79 Å². The molecule has 1 aliphatic carbocycles. The highest BCUT2D eigenvalue weighted by Gasteiger charge is 2.49. The molecule has 0 spiro atoms. The van der Waals surface area contributed by atoms with Gasteiger partial charge in [-0.25, -0.2) is 4.79 Å². The van der Waals surface area contributed by atoms with Gasteiger partial charge in [-0.3, -0.25) is 9.69 Å². The summed E-state index contributed by atoms with van der Waals surface area (Å²) in [5.74, 6) is 0.282. The lowest BCUT2D eigenvalue weighted by Gasteiger charge is -2.24. The fraction of sp³-hybridized carbons (Fsp3) is 0.391. The number of urea groups is 1. The molecule has 152 valence electrons. The standard InChI is InChI=1S/C23H26N2O4/c1-15-6-10-20(11-7-15)29-14-19(26)13-25-21(27)23(2,24-22(25)28)18-9-8-16-4-3-5-17(16)12-18/h6-12,19,26H,3-5,13-14H2,1-2H3,(H,24,28).